The van der Waals surface area contributed by atoms with Crippen LogP contribution >= 0.6 is 0 Å². The summed E-state index contributed by atoms with van der Waals surface area (Å²) in [5, 5.41) is 0. The van der Waals surface area contributed by atoms with E-state index in [-0.39, 0.29) is 0 Å². The predicted octanol–water partition coefficient (Wildman–Crippen LogP) is 4.25. The van der Waals surface area contributed by atoms with Gasteiger partial charge in [0, 0.05) is 0 Å². The van der Waals surface area contributed by atoms with E-state index in [0.29, 0.717) is 0 Å². The molecule has 4 saturated carbocycles. The molecule has 0 heterocycles. The van der Waals surface area contributed by atoms with Crippen LogP contribution in [0.25, 0.3) is 0 Å². The second-order valence-corrected chi connectivity index (χ2v) is 7.21. The molecule has 0 saturated heterocycles. The lowest BCUT2D eigenvalue weighted by atomic mass is 9.42. The molecule has 0 N–H and O–H groups in total. The Labute approximate surface area is 88.5 Å². The molecule has 4 aliphatic carbocycles. The first kappa shape index (κ1) is 9.24. The van der Waals surface area contributed by atoms with Gasteiger partial charge in [-0.2, -0.15) is 0 Å². The molecule has 0 aromatic carbocycles. The molecular formula is C14H24. The number of rotatable bonds is 1. The molecule has 14 heavy (non-hydrogen) atoms. The van der Waals surface area contributed by atoms with Gasteiger partial charge in [-0.1, -0.05) is 27.2 Å². The Balaban J connectivity index is 1.94. The summed E-state index contributed by atoms with van der Waals surface area (Å²) in [6, 6.07) is 0. The van der Waals surface area contributed by atoms with Crippen LogP contribution < -0.4 is 0 Å². The molecule has 0 nitrogen and oxygen atoms in total. The molecule has 0 heteroatoms. The summed E-state index contributed by atoms with van der Waals surface area (Å²) < 4.78 is 0. The van der Waals surface area contributed by atoms with Gasteiger partial charge >= 0.3 is 0 Å². The number of hydrogen-bond acceptors (Lipinski definition) is 0. The Morgan fingerprint density at radius 1 is 0.929 bits per heavy atom. The maximum atomic E-state index is 2.56. The average molecular weight is 192 g/mol. The molecule has 80 valence electrons. The standard InChI is InChI=1S/C14H24/c1-4-12-10-5-13(2)6-11(12)8-14(3,7-10)9-13/h10-12H,4-9H2,1-3H3. The second-order valence-electron chi connectivity index (χ2n) is 7.21. The van der Waals surface area contributed by atoms with Crippen LogP contribution in [0, 0.1) is 28.6 Å². The van der Waals surface area contributed by atoms with E-state index >= 15 is 0 Å². The minimum atomic E-state index is 0.742. The lowest BCUT2D eigenvalue weighted by Gasteiger charge is -2.63. The Morgan fingerprint density at radius 2 is 1.36 bits per heavy atom. The van der Waals surface area contributed by atoms with E-state index in [4.69, 9.17) is 0 Å². The fraction of sp³-hybridized carbons (Fsp3) is 1.00. The monoisotopic (exact) mass is 192 g/mol. The van der Waals surface area contributed by atoms with Gasteiger partial charge in [0.25, 0.3) is 0 Å². The largest absolute Gasteiger partial charge is 0.0651 e. The maximum absolute atomic E-state index is 2.56. The van der Waals surface area contributed by atoms with Crippen LogP contribution in [0.4, 0.5) is 0 Å². The van der Waals surface area contributed by atoms with Gasteiger partial charge in [-0.25, -0.2) is 0 Å². The van der Waals surface area contributed by atoms with Crippen molar-refractivity contribution in [2.24, 2.45) is 28.6 Å². The highest BCUT2D eigenvalue weighted by Gasteiger charge is 2.56. The quantitative estimate of drug-likeness (QED) is 0.582. The van der Waals surface area contributed by atoms with Gasteiger partial charge in [0.2, 0.25) is 0 Å². The van der Waals surface area contributed by atoms with Crippen LogP contribution in [-0.4, -0.2) is 0 Å². The van der Waals surface area contributed by atoms with E-state index in [1.54, 1.807) is 25.7 Å². The van der Waals surface area contributed by atoms with Gasteiger partial charge in [-0.15, -0.1) is 0 Å². The maximum Gasteiger partial charge on any atom is -0.0315 e. The van der Waals surface area contributed by atoms with E-state index in [1.165, 1.54) is 12.8 Å². The fourth-order valence-corrected chi connectivity index (χ4v) is 5.82. The van der Waals surface area contributed by atoms with Crippen LogP contribution in [-0.2, 0) is 0 Å². The van der Waals surface area contributed by atoms with Gasteiger partial charge in [-0.3, -0.25) is 0 Å². The Hall–Kier alpha value is 0. The van der Waals surface area contributed by atoms with Crippen molar-refractivity contribution in [2.75, 3.05) is 0 Å². The van der Waals surface area contributed by atoms with E-state index in [0.717, 1.165) is 28.6 Å². The predicted molar refractivity (Wildman–Crippen MR) is 60.1 cm³/mol. The van der Waals surface area contributed by atoms with Crippen molar-refractivity contribution in [3.8, 4) is 0 Å². The Morgan fingerprint density at radius 3 is 1.71 bits per heavy atom. The lowest BCUT2D eigenvalue weighted by Crippen LogP contribution is -2.53. The summed E-state index contributed by atoms with van der Waals surface area (Å²) in [5.74, 6) is 3.28. The zero-order valence-electron chi connectivity index (χ0n) is 9.97. The van der Waals surface area contributed by atoms with E-state index in [1.807, 2.05) is 0 Å². The van der Waals surface area contributed by atoms with Gasteiger partial charge in [0.05, 0.1) is 0 Å². The molecular weight excluding hydrogens is 168 g/mol. The highest BCUT2D eigenvalue weighted by atomic mass is 14.6. The summed E-state index contributed by atoms with van der Waals surface area (Å²) in [6.45, 7) is 7.54. The van der Waals surface area contributed by atoms with Crippen LogP contribution in [0.15, 0.2) is 0 Å². The summed E-state index contributed by atoms with van der Waals surface area (Å²) in [6.07, 6.45) is 9.19. The summed E-state index contributed by atoms with van der Waals surface area (Å²) in [4.78, 5) is 0. The lowest BCUT2D eigenvalue weighted by molar-refractivity contribution is -0.130. The van der Waals surface area contributed by atoms with Crippen LogP contribution in [0.1, 0.15) is 59.3 Å². The van der Waals surface area contributed by atoms with E-state index in [9.17, 15) is 0 Å². The molecule has 0 unspecified atom stereocenters. The van der Waals surface area contributed by atoms with Crippen LogP contribution in [0.2, 0.25) is 0 Å². The zero-order valence-corrected chi connectivity index (χ0v) is 9.97. The van der Waals surface area contributed by atoms with Crippen molar-refractivity contribution in [1.29, 1.82) is 0 Å². The molecule has 0 aromatic heterocycles. The van der Waals surface area contributed by atoms with Crippen molar-refractivity contribution < 1.29 is 0 Å². The van der Waals surface area contributed by atoms with Crippen LogP contribution in [0.3, 0.4) is 0 Å². The van der Waals surface area contributed by atoms with Crippen molar-refractivity contribution >= 4 is 0 Å². The first-order valence-corrected chi connectivity index (χ1v) is 6.54. The summed E-state index contributed by atoms with van der Waals surface area (Å²) >= 11 is 0. The van der Waals surface area contributed by atoms with Gasteiger partial charge in [-0.05, 0) is 60.7 Å². The first-order valence-electron chi connectivity index (χ1n) is 6.54. The topological polar surface area (TPSA) is 0 Å². The van der Waals surface area contributed by atoms with Gasteiger partial charge in [0.1, 0.15) is 0 Å². The first-order chi connectivity index (χ1) is 6.54. The molecule has 4 bridgehead atoms. The Bertz CT molecular complexity index is 217. The number of hydrogen-bond donors (Lipinski definition) is 0. The SMILES string of the molecule is CCC1C2CC3(C)CC1CC(C)(C2)C3. The zero-order chi connectivity index (χ0) is 9.97. The Kier molecular flexibility index (Phi) is 1.70. The van der Waals surface area contributed by atoms with Crippen molar-refractivity contribution in [1.82, 2.24) is 0 Å². The van der Waals surface area contributed by atoms with Crippen LogP contribution in [0.5, 0.6) is 0 Å². The molecule has 0 aliphatic heterocycles. The third-order valence-electron chi connectivity index (χ3n) is 5.56. The molecule has 4 aliphatic rings. The molecule has 4 rings (SSSR count). The molecule has 4 fully saturated rings. The normalized spacial score (nSPS) is 60.6. The third-order valence-corrected chi connectivity index (χ3v) is 5.56. The smallest absolute Gasteiger partial charge is 0.0315 e. The summed E-state index contributed by atoms with van der Waals surface area (Å²) in [7, 11) is 0. The van der Waals surface area contributed by atoms with Gasteiger partial charge in [0.15, 0.2) is 0 Å². The van der Waals surface area contributed by atoms with E-state index < -0.39 is 0 Å². The third kappa shape index (κ3) is 1.12. The highest BCUT2D eigenvalue weighted by molar-refractivity contribution is 5.07. The molecule has 0 amide bonds. The molecule has 0 atom stereocenters. The fourth-order valence-electron chi connectivity index (χ4n) is 5.82. The minimum Gasteiger partial charge on any atom is -0.0651 e. The molecule has 0 aromatic rings. The van der Waals surface area contributed by atoms with Crippen molar-refractivity contribution in [3.05, 3.63) is 0 Å². The van der Waals surface area contributed by atoms with Crippen molar-refractivity contribution in [2.45, 2.75) is 59.3 Å². The minimum absolute atomic E-state index is 0.742. The summed E-state index contributed by atoms with van der Waals surface area (Å²) in [5.41, 5.74) is 1.48. The molecule has 0 spiro atoms. The van der Waals surface area contributed by atoms with E-state index in [2.05, 4.69) is 20.8 Å². The average Bonchev–Trinajstić information content (AvgIpc) is 1.97. The second kappa shape index (κ2) is 2.57. The highest BCUT2D eigenvalue weighted by Crippen LogP contribution is 2.67. The van der Waals surface area contributed by atoms with Crippen molar-refractivity contribution in [3.63, 3.8) is 0 Å². The molecule has 0 radical (unpaired) electrons. The van der Waals surface area contributed by atoms with Gasteiger partial charge < -0.3 is 0 Å².